The maximum atomic E-state index is 15.0. The first-order valence-corrected chi connectivity index (χ1v) is 21.5. The van der Waals surface area contributed by atoms with Gasteiger partial charge in [-0.1, -0.05) is 80.1 Å². The number of aliphatic hydroxyl groups excluding tert-OH is 3. The molecule has 7 rings (SSSR count). The summed E-state index contributed by atoms with van der Waals surface area (Å²) in [4.78, 5) is 56.1. The highest BCUT2D eigenvalue weighted by atomic mass is 32.2. The minimum atomic E-state index is -4.34. The highest BCUT2D eigenvalue weighted by Crippen LogP contribution is 2.64. The standard InChI is InChI=1S/C45H51NO14S/c1-24-17-19-29(20-18-24)61(55,56)46-34(27-13-9-7-10-14-27)36(50)41(53)58-30-22-45(54)39(59-40(52)28-15-11-8-12-16-28)37-43(6,38(51)35(49)33(25(30)2)42(45,4)5)31(48)21-32-44(37,23-57-32)60-26(3)47/h7-20,30-32,34-37,39,46,48-50,54H,21-23H2,1-6H3/t30-,31-,32+,34-,35+,36+,37-,39-,43+,44-,45-/m0/s1. The summed E-state index contributed by atoms with van der Waals surface area (Å²) in [6.07, 6.45) is -10.9. The summed E-state index contributed by atoms with van der Waals surface area (Å²) < 4.78 is 53.9. The molecule has 0 unspecified atom stereocenters. The molecule has 1 aliphatic heterocycles. The second-order valence-electron chi connectivity index (χ2n) is 17.4. The molecule has 61 heavy (non-hydrogen) atoms. The first-order valence-electron chi connectivity index (χ1n) is 20.0. The number of Topliss-reactive ketones (excluding diaryl/α,β-unsaturated/α-hetero) is 1. The van der Waals surface area contributed by atoms with E-state index in [1.54, 1.807) is 55.5 Å². The number of hydrogen-bond donors (Lipinski definition) is 5. The summed E-state index contributed by atoms with van der Waals surface area (Å²) >= 11 is 0. The van der Waals surface area contributed by atoms with Crippen LogP contribution in [-0.4, -0.2) is 107 Å². The largest absolute Gasteiger partial charge is 0.456 e. The number of carbonyl (C=O) groups is 4. The smallest absolute Gasteiger partial charge is 0.338 e. The quantitative estimate of drug-likeness (QED) is 0.112. The molecule has 3 aliphatic carbocycles. The van der Waals surface area contributed by atoms with Crippen LogP contribution in [0.25, 0.3) is 0 Å². The molecule has 4 aliphatic rings. The molecule has 326 valence electrons. The molecule has 5 N–H and O–H groups in total. The van der Waals surface area contributed by atoms with Gasteiger partial charge in [-0.2, -0.15) is 0 Å². The number of hydrogen-bond acceptors (Lipinski definition) is 14. The van der Waals surface area contributed by atoms with Crippen molar-refractivity contribution in [3.05, 3.63) is 113 Å². The first kappa shape index (κ1) is 44.3. The molecule has 1 saturated heterocycles. The fraction of sp³-hybridized carbons (Fsp3) is 0.467. The lowest BCUT2D eigenvalue weighted by molar-refractivity contribution is -0.346. The average molecular weight is 862 g/mol. The Kier molecular flexibility index (Phi) is 11.5. The van der Waals surface area contributed by atoms with Gasteiger partial charge in [-0.25, -0.2) is 22.7 Å². The van der Waals surface area contributed by atoms with Crippen LogP contribution in [0.15, 0.2) is 101 Å². The van der Waals surface area contributed by atoms with E-state index in [0.717, 1.165) is 12.5 Å². The average Bonchev–Trinajstić information content (AvgIpc) is 3.21. The lowest BCUT2D eigenvalue weighted by atomic mass is 9.44. The summed E-state index contributed by atoms with van der Waals surface area (Å²) in [5, 5.41) is 49.3. The highest BCUT2D eigenvalue weighted by Gasteiger charge is 2.78. The van der Waals surface area contributed by atoms with Crippen LogP contribution in [0.2, 0.25) is 0 Å². The van der Waals surface area contributed by atoms with Gasteiger partial charge in [0.1, 0.15) is 30.0 Å². The van der Waals surface area contributed by atoms with Crippen LogP contribution in [0.3, 0.4) is 0 Å². The van der Waals surface area contributed by atoms with E-state index in [1.807, 2.05) is 0 Å². The molecule has 0 spiro atoms. The predicted octanol–water partition coefficient (Wildman–Crippen LogP) is 3.02. The summed E-state index contributed by atoms with van der Waals surface area (Å²) in [6, 6.07) is 20.0. The Morgan fingerprint density at radius 2 is 1.51 bits per heavy atom. The third-order valence-electron chi connectivity index (χ3n) is 13.5. The number of nitrogens with one attached hydrogen (secondary N) is 1. The van der Waals surface area contributed by atoms with Gasteiger partial charge in [0, 0.05) is 25.2 Å². The lowest BCUT2D eigenvalue weighted by Gasteiger charge is -2.67. The van der Waals surface area contributed by atoms with Crippen molar-refractivity contribution < 1.29 is 67.0 Å². The number of rotatable bonds is 10. The van der Waals surface area contributed by atoms with E-state index in [1.165, 1.54) is 64.1 Å². The summed E-state index contributed by atoms with van der Waals surface area (Å²) in [5.41, 5.74) is -6.77. The van der Waals surface area contributed by atoms with Crippen LogP contribution in [0, 0.1) is 23.7 Å². The Morgan fingerprint density at radius 1 is 0.902 bits per heavy atom. The summed E-state index contributed by atoms with van der Waals surface area (Å²) in [5.74, 6) is -5.54. The van der Waals surface area contributed by atoms with Crippen molar-refractivity contribution >= 4 is 33.7 Å². The van der Waals surface area contributed by atoms with E-state index >= 15 is 0 Å². The van der Waals surface area contributed by atoms with Crippen LogP contribution in [0.5, 0.6) is 0 Å². The minimum Gasteiger partial charge on any atom is -0.456 e. The Labute approximate surface area is 353 Å². The molecule has 11 atom stereocenters. The van der Waals surface area contributed by atoms with Crippen LogP contribution < -0.4 is 4.72 Å². The topological polar surface area (TPSA) is 232 Å². The second-order valence-corrected chi connectivity index (χ2v) is 19.1. The van der Waals surface area contributed by atoms with Gasteiger partial charge >= 0.3 is 17.9 Å². The molecular formula is C45H51NO14S. The number of aliphatic hydroxyl groups is 4. The molecule has 3 fully saturated rings. The lowest BCUT2D eigenvalue weighted by Crippen LogP contribution is -2.81. The van der Waals surface area contributed by atoms with Crippen LogP contribution >= 0.6 is 0 Å². The normalized spacial score (nSPS) is 32.7. The Balaban J connectivity index is 1.34. The van der Waals surface area contributed by atoms with Gasteiger partial charge in [0.25, 0.3) is 0 Å². The van der Waals surface area contributed by atoms with Gasteiger partial charge in [0.15, 0.2) is 17.5 Å². The van der Waals surface area contributed by atoms with E-state index in [9.17, 15) is 48.0 Å². The number of esters is 3. The molecule has 16 heteroatoms. The van der Waals surface area contributed by atoms with Crippen molar-refractivity contribution in [2.45, 2.75) is 113 Å². The zero-order chi connectivity index (χ0) is 44.4. The Hall–Kier alpha value is -4.81. The molecule has 0 radical (unpaired) electrons. The van der Waals surface area contributed by atoms with Crippen molar-refractivity contribution in [2.24, 2.45) is 16.7 Å². The second kappa shape index (κ2) is 15.8. The maximum Gasteiger partial charge on any atom is 0.338 e. The number of benzene rings is 3. The molecular weight excluding hydrogens is 811 g/mol. The SMILES string of the molecule is CC(=O)O[C@@]12CO[C@@H]1C[C@H](O)[C@@]1(C)C(=O)[C@H](O)C3=C(C)[C@@H](OC(=O)[C@H](O)[C@@H](NS(=O)(=O)c4ccc(C)cc4)c4ccccc4)C[C@](O)([C@@H](OC(=O)c4ccccc4)[C@H]21)C3(C)C. The Morgan fingerprint density at radius 3 is 2.08 bits per heavy atom. The third kappa shape index (κ3) is 7.21. The van der Waals surface area contributed by atoms with Crippen molar-refractivity contribution in [3.63, 3.8) is 0 Å². The monoisotopic (exact) mass is 861 g/mol. The molecule has 1 heterocycles. The number of aryl methyl sites for hydroxylation is 1. The fourth-order valence-electron chi connectivity index (χ4n) is 10.0. The number of fused-ring (bicyclic) bond motifs is 5. The molecule has 2 saturated carbocycles. The zero-order valence-electron chi connectivity index (χ0n) is 34.6. The van der Waals surface area contributed by atoms with Gasteiger partial charge in [-0.3, -0.25) is 9.59 Å². The highest BCUT2D eigenvalue weighted by molar-refractivity contribution is 7.89. The maximum absolute atomic E-state index is 15.0. The minimum absolute atomic E-state index is 0.0623. The van der Waals surface area contributed by atoms with E-state index < -0.39 is 111 Å². The van der Waals surface area contributed by atoms with E-state index in [4.69, 9.17) is 18.9 Å². The van der Waals surface area contributed by atoms with E-state index in [2.05, 4.69) is 4.72 Å². The van der Waals surface area contributed by atoms with Crippen molar-refractivity contribution in [3.8, 4) is 0 Å². The van der Waals surface area contributed by atoms with Gasteiger partial charge < -0.3 is 39.4 Å². The fourth-order valence-corrected chi connectivity index (χ4v) is 11.3. The predicted molar refractivity (Wildman–Crippen MR) is 216 cm³/mol. The number of ketones is 1. The van der Waals surface area contributed by atoms with E-state index in [0.29, 0.717) is 0 Å². The van der Waals surface area contributed by atoms with Crippen molar-refractivity contribution in [1.82, 2.24) is 4.72 Å². The molecule has 2 bridgehead atoms. The van der Waals surface area contributed by atoms with Gasteiger partial charge in [-0.05, 0) is 61.7 Å². The van der Waals surface area contributed by atoms with Gasteiger partial charge in [0.2, 0.25) is 10.0 Å². The van der Waals surface area contributed by atoms with Crippen LogP contribution in [0.1, 0.15) is 75.0 Å². The van der Waals surface area contributed by atoms with Crippen LogP contribution in [0.4, 0.5) is 0 Å². The van der Waals surface area contributed by atoms with E-state index in [-0.39, 0.29) is 40.2 Å². The van der Waals surface area contributed by atoms with Crippen molar-refractivity contribution in [1.29, 1.82) is 0 Å². The summed E-state index contributed by atoms with van der Waals surface area (Å²) in [7, 11) is -4.34. The molecule has 15 nitrogen and oxygen atoms in total. The molecule has 0 aromatic heterocycles. The number of ether oxygens (including phenoxy) is 4. The number of carbonyl (C=O) groups excluding carboxylic acids is 4. The van der Waals surface area contributed by atoms with Crippen molar-refractivity contribution in [2.75, 3.05) is 6.61 Å². The molecule has 3 aromatic rings. The number of sulfonamides is 1. The van der Waals surface area contributed by atoms with Gasteiger partial charge in [0.05, 0.1) is 40.5 Å². The third-order valence-corrected chi connectivity index (χ3v) is 15.0. The van der Waals surface area contributed by atoms with Gasteiger partial charge in [-0.15, -0.1) is 0 Å². The molecule has 0 amide bonds. The first-order chi connectivity index (χ1) is 28.6. The Bertz CT molecular complexity index is 2350. The molecule has 3 aromatic carbocycles. The zero-order valence-corrected chi connectivity index (χ0v) is 35.4. The summed E-state index contributed by atoms with van der Waals surface area (Å²) in [6.45, 7) is 8.52. The van der Waals surface area contributed by atoms with Crippen LogP contribution in [-0.2, 0) is 43.4 Å².